The van der Waals surface area contributed by atoms with Gasteiger partial charge < -0.3 is 16.0 Å². The normalized spacial score (nSPS) is 16.2. The third kappa shape index (κ3) is 2.52. The number of hydrogen-bond acceptors (Lipinski definition) is 4. The number of nitrogens with two attached hydrogens (primary N) is 1. The summed E-state index contributed by atoms with van der Waals surface area (Å²) in [5.41, 5.74) is 6.04. The average molecular weight is 234 g/mol. The number of carbonyl (C=O) groups is 2. The highest BCUT2D eigenvalue weighted by Crippen LogP contribution is 2.11. The molecule has 2 amide bonds. The van der Waals surface area contributed by atoms with E-state index in [0.717, 1.165) is 0 Å². The number of pyridine rings is 1. The van der Waals surface area contributed by atoms with E-state index in [1.54, 1.807) is 23.2 Å². The van der Waals surface area contributed by atoms with E-state index in [9.17, 15) is 9.59 Å². The number of nitrogens with one attached hydrogen (secondary N) is 1. The molecule has 1 saturated heterocycles. The molecule has 1 fully saturated rings. The van der Waals surface area contributed by atoms with Crippen molar-refractivity contribution in [3.05, 3.63) is 23.9 Å². The first kappa shape index (κ1) is 11.4. The van der Waals surface area contributed by atoms with Gasteiger partial charge in [-0.1, -0.05) is 0 Å². The second kappa shape index (κ2) is 4.82. The van der Waals surface area contributed by atoms with Crippen LogP contribution in [0.5, 0.6) is 0 Å². The van der Waals surface area contributed by atoms with Crippen molar-refractivity contribution in [2.24, 2.45) is 0 Å². The minimum atomic E-state index is -0.174. The summed E-state index contributed by atoms with van der Waals surface area (Å²) in [5, 5.41) is 2.72. The van der Waals surface area contributed by atoms with Crippen molar-refractivity contribution >= 4 is 17.6 Å². The Hall–Kier alpha value is -2.11. The quantitative estimate of drug-likeness (QED) is 0.693. The fourth-order valence-electron chi connectivity index (χ4n) is 1.74. The Balaban J connectivity index is 2.14. The lowest BCUT2D eigenvalue weighted by Crippen LogP contribution is -2.34. The zero-order valence-corrected chi connectivity index (χ0v) is 9.35. The van der Waals surface area contributed by atoms with Crippen molar-refractivity contribution in [1.82, 2.24) is 15.2 Å². The Morgan fingerprint density at radius 3 is 3.06 bits per heavy atom. The van der Waals surface area contributed by atoms with Gasteiger partial charge in [-0.05, 0) is 12.1 Å². The van der Waals surface area contributed by atoms with Crippen LogP contribution < -0.4 is 11.1 Å². The molecule has 1 aromatic rings. The third-order valence-corrected chi connectivity index (χ3v) is 2.67. The molecule has 0 aliphatic carbocycles. The van der Waals surface area contributed by atoms with Crippen LogP contribution in [0.25, 0.3) is 0 Å². The van der Waals surface area contributed by atoms with Crippen LogP contribution in [-0.4, -0.2) is 41.3 Å². The maximum atomic E-state index is 12.1. The van der Waals surface area contributed by atoms with Gasteiger partial charge in [-0.25, -0.2) is 4.98 Å². The van der Waals surface area contributed by atoms with Crippen LogP contribution in [0.2, 0.25) is 0 Å². The van der Waals surface area contributed by atoms with Gasteiger partial charge in [0.05, 0.1) is 5.56 Å². The van der Waals surface area contributed by atoms with Crippen molar-refractivity contribution in [2.75, 3.05) is 25.4 Å². The van der Waals surface area contributed by atoms with E-state index in [2.05, 4.69) is 10.3 Å². The van der Waals surface area contributed by atoms with Gasteiger partial charge in [0.15, 0.2) is 0 Å². The second-order valence-electron chi connectivity index (χ2n) is 3.83. The monoisotopic (exact) mass is 234 g/mol. The van der Waals surface area contributed by atoms with Crippen LogP contribution in [0, 0.1) is 0 Å². The van der Waals surface area contributed by atoms with Gasteiger partial charge in [-0.15, -0.1) is 0 Å². The second-order valence-corrected chi connectivity index (χ2v) is 3.83. The number of rotatable bonds is 1. The van der Waals surface area contributed by atoms with E-state index in [0.29, 0.717) is 31.6 Å². The number of nitrogens with zero attached hydrogens (tertiary/aromatic N) is 2. The maximum Gasteiger partial charge on any atom is 0.257 e. The minimum Gasteiger partial charge on any atom is -0.383 e. The smallest absolute Gasteiger partial charge is 0.257 e. The van der Waals surface area contributed by atoms with Crippen LogP contribution in [0.15, 0.2) is 18.3 Å². The topological polar surface area (TPSA) is 88.3 Å². The number of hydrogen-bond donors (Lipinski definition) is 2. The Kier molecular flexibility index (Phi) is 3.22. The van der Waals surface area contributed by atoms with Crippen LogP contribution in [0.4, 0.5) is 5.82 Å². The summed E-state index contributed by atoms with van der Waals surface area (Å²) in [4.78, 5) is 28.8. The zero-order chi connectivity index (χ0) is 12.3. The Morgan fingerprint density at radius 1 is 1.47 bits per heavy atom. The number of aromatic nitrogens is 1. The van der Waals surface area contributed by atoms with Crippen molar-refractivity contribution in [2.45, 2.75) is 6.42 Å². The van der Waals surface area contributed by atoms with E-state index in [1.807, 2.05) is 0 Å². The standard InChI is InChI=1S/C11H14N4O2/c12-10-8(2-1-4-14-10)11(17)15-6-3-9(16)13-5-7-15/h1-2,4H,3,5-7H2,(H2,12,14)(H,13,16). The number of anilines is 1. The third-order valence-electron chi connectivity index (χ3n) is 2.67. The summed E-state index contributed by atoms with van der Waals surface area (Å²) in [7, 11) is 0. The summed E-state index contributed by atoms with van der Waals surface area (Å²) in [6.45, 7) is 1.39. The summed E-state index contributed by atoms with van der Waals surface area (Å²) in [6, 6.07) is 3.32. The lowest BCUT2D eigenvalue weighted by atomic mass is 10.2. The molecule has 1 aliphatic rings. The van der Waals surface area contributed by atoms with Crippen LogP contribution >= 0.6 is 0 Å². The highest BCUT2D eigenvalue weighted by atomic mass is 16.2. The van der Waals surface area contributed by atoms with Gasteiger partial charge in [0.2, 0.25) is 5.91 Å². The average Bonchev–Trinajstić information content (AvgIpc) is 2.54. The zero-order valence-electron chi connectivity index (χ0n) is 9.35. The lowest BCUT2D eigenvalue weighted by molar-refractivity contribution is -0.120. The van der Waals surface area contributed by atoms with Gasteiger partial charge in [-0.3, -0.25) is 9.59 Å². The fraction of sp³-hybridized carbons (Fsp3) is 0.364. The molecule has 0 saturated carbocycles. The van der Waals surface area contributed by atoms with Crippen molar-refractivity contribution in [3.8, 4) is 0 Å². The summed E-state index contributed by atoms with van der Waals surface area (Å²) in [6.07, 6.45) is 1.87. The van der Waals surface area contributed by atoms with E-state index in [4.69, 9.17) is 5.73 Å². The van der Waals surface area contributed by atoms with Crippen molar-refractivity contribution in [3.63, 3.8) is 0 Å². The van der Waals surface area contributed by atoms with Crippen molar-refractivity contribution < 1.29 is 9.59 Å². The van der Waals surface area contributed by atoms with E-state index >= 15 is 0 Å². The summed E-state index contributed by atoms with van der Waals surface area (Å²) < 4.78 is 0. The minimum absolute atomic E-state index is 0.0283. The number of nitrogen functional groups attached to an aromatic ring is 1. The fourth-order valence-corrected chi connectivity index (χ4v) is 1.74. The van der Waals surface area contributed by atoms with Gasteiger partial charge in [0.1, 0.15) is 5.82 Å². The Morgan fingerprint density at radius 2 is 2.29 bits per heavy atom. The molecule has 2 heterocycles. The molecule has 1 aromatic heterocycles. The first-order valence-corrected chi connectivity index (χ1v) is 5.45. The van der Waals surface area contributed by atoms with E-state index in [1.165, 1.54) is 0 Å². The SMILES string of the molecule is Nc1ncccc1C(=O)N1CCNC(=O)CC1. The molecule has 90 valence electrons. The van der Waals surface area contributed by atoms with E-state index in [-0.39, 0.29) is 17.6 Å². The van der Waals surface area contributed by atoms with Crippen LogP contribution in [0.1, 0.15) is 16.8 Å². The van der Waals surface area contributed by atoms with Crippen LogP contribution in [0.3, 0.4) is 0 Å². The molecule has 0 aromatic carbocycles. The molecule has 6 heteroatoms. The maximum absolute atomic E-state index is 12.1. The Bertz CT molecular complexity index is 447. The molecule has 0 radical (unpaired) electrons. The molecular weight excluding hydrogens is 220 g/mol. The van der Waals surface area contributed by atoms with Gasteiger partial charge in [0, 0.05) is 32.3 Å². The molecule has 0 bridgehead atoms. The van der Waals surface area contributed by atoms with E-state index < -0.39 is 0 Å². The molecule has 0 spiro atoms. The lowest BCUT2D eigenvalue weighted by Gasteiger charge is -2.19. The molecule has 1 aliphatic heterocycles. The largest absolute Gasteiger partial charge is 0.383 e. The molecule has 0 unspecified atom stereocenters. The van der Waals surface area contributed by atoms with Gasteiger partial charge >= 0.3 is 0 Å². The molecule has 17 heavy (non-hydrogen) atoms. The number of amides is 2. The first-order valence-electron chi connectivity index (χ1n) is 5.45. The molecule has 2 rings (SSSR count). The van der Waals surface area contributed by atoms with Crippen LogP contribution in [-0.2, 0) is 4.79 Å². The molecule has 3 N–H and O–H groups in total. The molecule has 0 atom stereocenters. The van der Waals surface area contributed by atoms with Gasteiger partial charge in [0.25, 0.3) is 5.91 Å². The Labute approximate surface area is 98.8 Å². The molecule has 6 nitrogen and oxygen atoms in total. The predicted octanol–water partition coefficient (Wildman–Crippen LogP) is -0.374. The first-order chi connectivity index (χ1) is 8.18. The van der Waals surface area contributed by atoms with Gasteiger partial charge in [-0.2, -0.15) is 0 Å². The number of carbonyl (C=O) groups excluding carboxylic acids is 2. The van der Waals surface area contributed by atoms with Crippen molar-refractivity contribution in [1.29, 1.82) is 0 Å². The summed E-state index contributed by atoms with van der Waals surface area (Å²) >= 11 is 0. The summed E-state index contributed by atoms with van der Waals surface area (Å²) in [5.74, 6) is 0.0209. The highest BCUT2D eigenvalue weighted by Gasteiger charge is 2.21. The predicted molar refractivity (Wildman–Crippen MR) is 62.2 cm³/mol. The molecular formula is C11H14N4O2. The highest BCUT2D eigenvalue weighted by molar-refractivity contribution is 5.98.